The number of nitrogens with zero attached hydrogens (tertiary/aromatic N) is 1. The molecule has 1 aromatic rings. The summed E-state index contributed by atoms with van der Waals surface area (Å²) in [5, 5.41) is 2.72. The van der Waals surface area contributed by atoms with Crippen LogP contribution in [0.25, 0.3) is 0 Å². The Labute approximate surface area is 130 Å². The standard InChI is InChI=1S/C17H22N2O3/c1-12(17(21)22-3)14-10-7-11-19(14)15(16(20)18-2)13-8-5-4-6-9-13/h4-6,8-9,14-15H,1,7,10-11H2,2-3H3,(H,18,20)/t14-,15-/m1/s1. The molecule has 0 radical (unpaired) electrons. The van der Waals surface area contributed by atoms with Crippen LogP contribution in [0.3, 0.4) is 0 Å². The normalized spacial score (nSPS) is 19.5. The van der Waals surface area contributed by atoms with E-state index in [0.717, 1.165) is 24.9 Å². The van der Waals surface area contributed by atoms with Crippen molar-refractivity contribution in [3.05, 3.63) is 48.0 Å². The van der Waals surface area contributed by atoms with Crippen LogP contribution in [0.4, 0.5) is 0 Å². The molecule has 1 saturated heterocycles. The first-order chi connectivity index (χ1) is 10.6. The molecule has 1 fully saturated rings. The third-order valence-electron chi connectivity index (χ3n) is 4.09. The Morgan fingerprint density at radius 1 is 1.36 bits per heavy atom. The van der Waals surface area contributed by atoms with Crippen molar-refractivity contribution in [2.45, 2.75) is 24.9 Å². The summed E-state index contributed by atoms with van der Waals surface area (Å²) in [7, 11) is 2.97. The van der Waals surface area contributed by atoms with Gasteiger partial charge in [0.1, 0.15) is 6.04 Å². The first-order valence-corrected chi connectivity index (χ1v) is 7.39. The van der Waals surface area contributed by atoms with Gasteiger partial charge in [-0.3, -0.25) is 9.69 Å². The van der Waals surface area contributed by atoms with E-state index in [1.165, 1.54) is 7.11 Å². The average molecular weight is 302 g/mol. The molecular formula is C17H22N2O3. The van der Waals surface area contributed by atoms with Gasteiger partial charge in [0.25, 0.3) is 0 Å². The predicted octanol–water partition coefficient (Wildman–Crippen LogP) is 1.67. The molecule has 118 valence electrons. The summed E-state index contributed by atoms with van der Waals surface area (Å²) in [6, 6.07) is 8.98. The van der Waals surface area contributed by atoms with Crippen LogP contribution in [0.2, 0.25) is 0 Å². The monoisotopic (exact) mass is 302 g/mol. The molecule has 0 saturated carbocycles. The van der Waals surface area contributed by atoms with Crippen LogP contribution >= 0.6 is 0 Å². The second-order valence-electron chi connectivity index (χ2n) is 5.34. The first kappa shape index (κ1) is 16.2. The highest BCUT2D eigenvalue weighted by Crippen LogP contribution is 2.33. The molecule has 22 heavy (non-hydrogen) atoms. The number of nitrogens with one attached hydrogen (secondary N) is 1. The van der Waals surface area contributed by atoms with Crippen molar-refractivity contribution >= 4 is 11.9 Å². The van der Waals surface area contributed by atoms with Crippen molar-refractivity contribution < 1.29 is 14.3 Å². The second-order valence-corrected chi connectivity index (χ2v) is 5.34. The van der Waals surface area contributed by atoms with Gasteiger partial charge in [-0.25, -0.2) is 4.79 Å². The molecule has 2 atom stereocenters. The van der Waals surface area contributed by atoms with E-state index in [4.69, 9.17) is 4.74 Å². The molecule has 1 aliphatic rings. The summed E-state index contributed by atoms with van der Waals surface area (Å²) in [5.74, 6) is -0.503. The van der Waals surface area contributed by atoms with Gasteiger partial charge in [-0.1, -0.05) is 36.9 Å². The Bertz CT molecular complexity index is 556. The van der Waals surface area contributed by atoms with E-state index < -0.39 is 12.0 Å². The largest absolute Gasteiger partial charge is 0.466 e. The summed E-state index contributed by atoms with van der Waals surface area (Å²) in [6.45, 7) is 4.61. The SMILES string of the molecule is C=C(C(=O)OC)[C@H]1CCCN1[C@@H](C(=O)NC)c1ccccc1. The lowest BCUT2D eigenvalue weighted by atomic mass is 10.0. The molecule has 0 spiro atoms. The first-order valence-electron chi connectivity index (χ1n) is 7.39. The average Bonchev–Trinajstić information content (AvgIpc) is 3.03. The van der Waals surface area contributed by atoms with Crippen molar-refractivity contribution in [1.29, 1.82) is 0 Å². The molecule has 5 heteroatoms. The molecule has 1 amide bonds. The van der Waals surface area contributed by atoms with Crippen LogP contribution < -0.4 is 5.32 Å². The van der Waals surface area contributed by atoms with Crippen molar-refractivity contribution in [2.24, 2.45) is 0 Å². The summed E-state index contributed by atoms with van der Waals surface area (Å²) in [6.07, 6.45) is 1.72. The van der Waals surface area contributed by atoms with Gasteiger partial charge < -0.3 is 10.1 Å². The number of carbonyl (C=O) groups excluding carboxylic acids is 2. The topological polar surface area (TPSA) is 58.6 Å². The molecule has 1 aliphatic heterocycles. The predicted molar refractivity (Wildman–Crippen MR) is 84.1 cm³/mol. The molecule has 1 N–H and O–H groups in total. The number of likely N-dealkylation sites (tertiary alicyclic amines) is 1. The summed E-state index contributed by atoms with van der Waals surface area (Å²) < 4.78 is 4.78. The molecule has 0 aliphatic carbocycles. The van der Waals surface area contributed by atoms with Crippen LogP contribution in [-0.4, -0.2) is 43.5 Å². The molecule has 0 aromatic heterocycles. The minimum Gasteiger partial charge on any atom is -0.466 e. The third kappa shape index (κ3) is 3.20. The third-order valence-corrected chi connectivity index (χ3v) is 4.09. The van der Waals surface area contributed by atoms with Crippen LogP contribution in [0.5, 0.6) is 0 Å². The minimum absolute atomic E-state index is 0.0873. The second kappa shape index (κ2) is 7.22. The summed E-state index contributed by atoms with van der Waals surface area (Å²) in [4.78, 5) is 26.2. The van der Waals surface area contributed by atoms with Gasteiger partial charge in [0, 0.05) is 18.7 Å². The highest BCUT2D eigenvalue weighted by atomic mass is 16.5. The van der Waals surface area contributed by atoms with Gasteiger partial charge >= 0.3 is 5.97 Å². The maximum atomic E-state index is 12.4. The molecule has 0 bridgehead atoms. The number of amides is 1. The summed E-state index contributed by atoms with van der Waals surface area (Å²) >= 11 is 0. The van der Waals surface area contributed by atoms with E-state index in [0.29, 0.717) is 5.57 Å². The van der Waals surface area contributed by atoms with Crippen LogP contribution in [-0.2, 0) is 14.3 Å². The van der Waals surface area contributed by atoms with Crippen molar-refractivity contribution in [2.75, 3.05) is 20.7 Å². The smallest absolute Gasteiger partial charge is 0.334 e. The number of methoxy groups -OCH3 is 1. The van der Waals surface area contributed by atoms with Gasteiger partial charge in [-0.15, -0.1) is 0 Å². The Morgan fingerprint density at radius 3 is 2.64 bits per heavy atom. The van der Waals surface area contributed by atoms with Crippen LogP contribution in [0.15, 0.2) is 42.5 Å². The number of esters is 1. The van der Waals surface area contributed by atoms with E-state index in [1.54, 1.807) is 7.05 Å². The number of likely N-dealkylation sites (N-methyl/N-ethyl adjacent to an activating group) is 1. The van der Waals surface area contributed by atoms with Crippen molar-refractivity contribution in [1.82, 2.24) is 10.2 Å². The van der Waals surface area contributed by atoms with E-state index >= 15 is 0 Å². The van der Waals surface area contributed by atoms with E-state index in [2.05, 4.69) is 11.9 Å². The van der Waals surface area contributed by atoms with Gasteiger partial charge in [0.2, 0.25) is 5.91 Å². The fraction of sp³-hybridized carbons (Fsp3) is 0.412. The van der Waals surface area contributed by atoms with Gasteiger partial charge in [0.15, 0.2) is 0 Å². The van der Waals surface area contributed by atoms with Crippen LogP contribution in [0.1, 0.15) is 24.4 Å². The molecular weight excluding hydrogens is 280 g/mol. The number of benzene rings is 1. The summed E-state index contributed by atoms with van der Waals surface area (Å²) in [5.41, 5.74) is 1.32. The van der Waals surface area contributed by atoms with Gasteiger partial charge in [-0.05, 0) is 24.9 Å². The number of hydrogen-bond donors (Lipinski definition) is 1. The van der Waals surface area contributed by atoms with Gasteiger partial charge in [-0.2, -0.15) is 0 Å². The van der Waals surface area contributed by atoms with E-state index in [-0.39, 0.29) is 11.9 Å². The van der Waals surface area contributed by atoms with Crippen LogP contribution in [0, 0.1) is 0 Å². The number of ether oxygens (including phenoxy) is 1. The molecule has 1 aromatic carbocycles. The molecule has 0 unspecified atom stereocenters. The zero-order valence-corrected chi connectivity index (χ0v) is 13.0. The highest BCUT2D eigenvalue weighted by molar-refractivity contribution is 5.89. The van der Waals surface area contributed by atoms with Crippen molar-refractivity contribution in [3.63, 3.8) is 0 Å². The quantitative estimate of drug-likeness (QED) is 0.664. The minimum atomic E-state index is -0.430. The number of hydrogen-bond acceptors (Lipinski definition) is 4. The lowest BCUT2D eigenvalue weighted by Crippen LogP contribution is -2.43. The Kier molecular flexibility index (Phi) is 5.33. The Morgan fingerprint density at radius 2 is 2.05 bits per heavy atom. The Hall–Kier alpha value is -2.14. The maximum Gasteiger partial charge on any atom is 0.334 e. The number of carbonyl (C=O) groups is 2. The Balaban J connectivity index is 2.32. The molecule has 2 rings (SSSR count). The van der Waals surface area contributed by atoms with E-state index in [9.17, 15) is 9.59 Å². The van der Waals surface area contributed by atoms with Gasteiger partial charge in [0.05, 0.1) is 7.11 Å². The zero-order chi connectivity index (χ0) is 16.1. The number of rotatable bonds is 5. The highest BCUT2D eigenvalue weighted by Gasteiger charge is 2.38. The lowest BCUT2D eigenvalue weighted by Gasteiger charge is -2.32. The zero-order valence-electron chi connectivity index (χ0n) is 13.0. The maximum absolute atomic E-state index is 12.4. The fourth-order valence-corrected chi connectivity index (χ4v) is 3.00. The van der Waals surface area contributed by atoms with Crippen molar-refractivity contribution in [3.8, 4) is 0 Å². The lowest BCUT2D eigenvalue weighted by molar-refractivity contribution is -0.137. The molecule has 5 nitrogen and oxygen atoms in total. The fourth-order valence-electron chi connectivity index (χ4n) is 3.00. The molecule has 1 heterocycles. The van der Waals surface area contributed by atoms with E-state index in [1.807, 2.05) is 35.2 Å².